The van der Waals surface area contributed by atoms with Gasteiger partial charge in [0.25, 0.3) is 5.69 Å². The first kappa shape index (κ1) is 21.0. The zero-order valence-electron chi connectivity index (χ0n) is 17.0. The van der Waals surface area contributed by atoms with E-state index in [1.165, 1.54) is 20.3 Å². The fourth-order valence-corrected chi connectivity index (χ4v) is 4.60. The van der Waals surface area contributed by atoms with Crippen LogP contribution in [0.25, 0.3) is 0 Å². The van der Waals surface area contributed by atoms with Crippen molar-refractivity contribution in [3.8, 4) is 5.75 Å². The molecule has 7 heteroatoms. The third-order valence-corrected chi connectivity index (χ3v) is 5.07. The van der Waals surface area contributed by atoms with Crippen molar-refractivity contribution in [2.75, 3.05) is 19.5 Å². The van der Waals surface area contributed by atoms with Crippen molar-refractivity contribution in [1.29, 1.82) is 0 Å². The molecule has 1 aliphatic carbocycles. The zero-order valence-corrected chi connectivity index (χ0v) is 17.0. The van der Waals surface area contributed by atoms with Gasteiger partial charge in [-0.15, -0.1) is 0 Å². The molecule has 1 N–H and O–H groups in total. The van der Waals surface area contributed by atoms with Gasteiger partial charge in [0.05, 0.1) is 25.6 Å². The number of nitro benzene ring substituents is 1. The highest BCUT2D eigenvalue weighted by atomic mass is 16.6. The molecular formula is C20H30N2O5. The van der Waals surface area contributed by atoms with E-state index in [4.69, 9.17) is 4.74 Å². The second-order valence-electron chi connectivity index (χ2n) is 8.95. The Hall–Kier alpha value is -2.31. The number of esters is 1. The number of nitrogens with one attached hydrogen (secondary N) is 1. The van der Waals surface area contributed by atoms with E-state index in [9.17, 15) is 14.9 Å². The molecule has 0 unspecified atom stereocenters. The van der Waals surface area contributed by atoms with Gasteiger partial charge in [-0.05, 0) is 30.1 Å². The Bertz CT molecular complexity index is 711. The highest BCUT2D eigenvalue weighted by molar-refractivity contribution is 5.76. The first-order valence-electron chi connectivity index (χ1n) is 9.15. The predicted molar refractivity (Wildman–Crippen MR) is 104 cm³/mol. The number of rotatable bonds is 6. The highest BCUT2D eigenvalue weighted by Gasteiger charge is 2.39. The third-order valence-electron chi connectivity index (χ3n) is 5.07. The van der Waals surface area contributed by atoms with Crippen LogP contribution in [0.5, 0.6) is 5.75 Å². The lowest BCUT2D eigenvalue weighted by Gasteiger charge is -2.45. The maximum atomic E-state index is 11.6. The van der Waals surface area contributed by atoms with Gasteiger partial charge in [0.15, 0.2) is 0 Å². The van der Waals surface area contributed by atoms with Crippen LogP contribution < -0.4 is 10.1 Å². The first-order chi connectivity index (χ1) is 12.5. The van der Waals surface area contributed by atoms with Crippen LogP contribution in [0.3, 0.4) is 0 Å². The Balaban J connectivity index is 2.38. The Morgan fingerprint density at radius 3 is 2.30 bits per heavy atom. The van der Waals surface area contributed by atoms with Gasteiger partial charge in [-0.1, -0.05) is 27.7 Å². The van der Waals surface area contributed by atoms with Crippen molar-refractivity contribution >= 4 is 17.3 Å². The molecule has 1 aliphatic rings. The normalized spacial score (nSPS) is 18.6. The number of carbonyl (C=O) groups excluding carboxylic acids is 1. The number of nitrogens with zero attached hydrogens (tertiary/aromatic N) is 1. The molecule has 0 aliphatic heterocycles. The lowest BCUT2D eigenvalue weighted by molar-refractivity contribution is -0.384. The monoisotopic (exact) mass is 378 g/mol. The summed E-state index contributed by atoms with van der Waals surface area (Å²) in [6, 6.07) is 3.14. The number of anilines is 1. The van der Waals surface area contributed by atoms with E-state index < -0.39 is 10.9 Å². The summed E-state index contributed by atoms with van der Waals surface area (Å²) in [6.45, 7) is 8.93. The molecule has 0 heterocycles. The molecule has 1 aromatic rings. The Morgan fingerprint density at radius 1 is 1.22 bits per heavy atom. The maximum absolute atomic E-state index is 11.6. The number of ether oxygens (including phenoxy) is 2. The smallest absolute Gasteiger partial charge is 0.310 e. The first-order valence-corrected chi connectivity index (χ1v) is 9.15. The largest absolute Gasteiger partial charge is 0.496 e. The van der Waals surface area contributed by atoms with Gasteiger partial charge in [-0.3, -0.25) is 14.9 Å². The molecule has 150 valence electrons. The SMILES string of the molecule is COC(=O)Cc1cc([N+](=O)[O-])c(NC2CC(C)(C)CC(C)(C)C2)cc1OC. The highest BCUT2D eigenvalue weighted by Crippen LogP contribution is 2.47. The Kier molecular flexibility index (Phi) is 6.02. The molecule has 1 saturated carbocycles. The van der Waals surface area contributed by atoms with Gasteiger partial charge in [0, 0.05) is 23.7 Å². The van der Waals surface area contributed by atoms with Crippen LogP contribution in [0.1, 0.15) is 52.5 Å². The van der Waals surface area contributed by atoms with Gasteiger partial charge in [0.2, 0.25) is 0 Å². The van der Waals surface area contributed by atoms with Crippen LogP contribution in [0, 0.1) is 20.9 Å². The lowest BCUT2D eigenvalue weighted by atomic mass is 9.63. The van der Waals surface area contributed by atoms with Gasteiger partial charge in [0.1, 0.15) is 11.4 Å². The summed E-state index contributed by atoms with van der Waals surface area (Å²) in [6.07, 6.45) is 2.89. The summed E-state index contributed by atoms with van der Waals surface area (Å²) < 4.78 is 10.0. The van der Waals surface area contributed by atoms with Crippen molar-refractivity contribution in [3.63, 3.8) is 0 Å². The molecule has 0 bridgehead atoms. The van der Waals surface area contributed by atoms with E-state index in [0.717, 1.165) is 19.3 Å². The van der Waals surface area contributed by atoms with Crippen LogP contribution in [-0.4, -0.2) is 31.2 Å². The number of hydrogen-bond donors (Lipinski definition) is 1. The predicted octanol–water partition coefficient (Wildman–Crippen LogP) is 4.34. The molecule has 0 radical (unpaired) electrons. The average Bonchev–Trinajstić information content (AvgIpc) is 2.52. The van der Waals surface area contributed by atoms with Crippen LogP contribution in [0.2, 0.25) is 0 Å². The summed E-state index contributed by atoms with van der Waals surface area (Å²) in [5, 5.41) is 15.0. The van der Waals surface area contributed by atoms with Gasteiger partial charge in [-0.25, -0.2) is 0 Å². The number of benzene rings is 1. The van der Waals surface area contributed by atoms with E-state index in [0.29, 0.717) is 17.0 Å². The van der Waals surface area contributed by atoms with Crippen LogP contribution in [0.4, 0.5) is 11.4 Å². The van der Waals surface area contributed by atoms with Crippen molar-refractivity contribution in [2.45, 2.75) is 59.4 Å². The molecule has 7 nitrogen and oxygen atoms in total. The molecule has 1 fully saturated rings. The number of carbonyl (C=O) groups is 1. The minimum Gasteiger partial charge on any atom is -0.496 e. The molecule has 2 rings (SSSR count). The van der Waals surface area contributed by atoms with Gasteiger partial charge in [-0.2, -0.15) is 0 Å². The molecule has 0 aromatic heterocycles. The summed E-state index contributed by atoms with van der Waals surface area (Å²) in [5.41, 5.74) is 1.11. The fraction of sp³-hybridized carbons (Fsp3) is 0.650. The molecule has 0 atom stereocenters. The topological polar surface area (TPSA) is 90.7 Å². The quantitative estimate of drug-likeness (QED) is 0.450. The summed E-state index contributed by atoms with van der Waals surface area (Å²) in [4.78, 5) is 22.8. The summed E-state index contributed by atoms with van der Waals surface area (Å²) in [7, 11) is 2.77. The van der Waals surface area contributed by atoms with Gasteiger partial charge >= 0.3 is 5.97 Å². The second kappa shape index (κ2) is 7.74. The number of methoxy groups -OCH3 is 2. The summed E-state index contributed by atoms with van der Waals surface area (Å²) in [5.74, 6) is -0.0399. The molecule has 0 spiro atoms. The third kappa shape index (κ3) is 5.34. The van der Waals surface area contributed by atoms with E-state index >= 15 is 0 Å². The lowest BCUT2D eigenvalue weighted by Crippen LogP contribution is -2.40. The van der Waals surface area contributed by atoms with Crippen LogP contribution in [-0.2, 0) is 16.0 Å². The molecule has 1 aromatic carbocycles. The fourth-order valence-electron chi connectivity index (χ4n) is 4.60. The van der Waals surface area contributed by atoms with Crippen molar-refractivity contribution in [3.05, 3.63) is 27.8 Å². The number of nitro groups is 1. The average molecular weight is 378 g/mol. The minimum atomic E-state index is -0.473. The number of hydrogen-bond acceptors (Lipinski definition) is 6. The van der Waals surface area contributed by atoms with E-state index in [1.807, 2.05) is 0 Å². The van der Waals surface area contributed by atoms with Crippen LogP contribution >= 0.6 is 0 Å². The molecule has 0 saturated heterocycles. The van der Waals surface area contributed by atoms with E-state index in [-0.39, 0.29) is 29.0 Å². The van der Waals surface area contributed by atoms with E-state index in [1.54, 1.807) is 6.07 Å². The second-order valence-corrected chi connectivity index (χ2v) is 8.95. The standard InChI is InChI=1S/C20H30N2O5/c1-19(2)10-14(11-20(3,4)12-19)21-15-9-17(26-5)13(8-18(23)27-6)7-16(15)22(24)25/h7,9,14,21H,8,10-12H2,1-6H3. The molecule has 27 heavy (non-hydrogen) atoms. The van der Waals surface area contributed by atoms with Crippen LogP contribution in [0.15, 0.2) is 12.1 Å². The maximum Gasteiger partial charge on any atom is 0.310 e. The Labute approximate surface area is 160 Å². The van der Waals surface area contributed by atoms with Crippen molar-refractivity contribution < 1.29 is 19.2 Å². The van der Waals surface area contributed by atoms with Crippen molar-refractivity contribution in [2.24, 2.45) is 10.8 Å². The summed E-state index contributed by atoms with van der Waals surface area (Å²) >= 11 is 0. The van der Waals surface area contributed by atoms with Gasteiger partial charge < -0.3 is 14.8 Å². The molecule has 0 amide bonds. The van der Waals surface area contributed by atoms with E-state index in [2.05, 4.69) is 37.7 Å². The Morgan fingerprint density at radius 2 is 1.81 bits per heavy atom. The zero-order chi connectivity index (χ0) is 20.4. The molecular weight excluding hydrogens is 348 g/mol. The minimum absolute atomic E-state index is 0.0594. The van der Waals surface area contributed by atoms with Crippen molar-refractivity contribution in [1.82, 2.24) is 0 Å².